The highest BCUT2D eigenvalue weighted by atomic mass is 16.2. The van der Waals surface area contributed by atoms with Crippen LogP contribution < -0.4 is 0 Å². The molecule has 4 rings (SSSR count). The Hall–Kier alpha value is -2.76. The van der Waals surface area contributed by atoms with Gasteiger partial charge in [-0.05, 0) is 30.0 Å². The number of carbonyl (C=O) groups is 1. The molecule has 1 aromatic carbocycles. The molecule has 22 heavy (non-hydrogen) atoms. The summed E-state index contributed by atoms with van der Waals surface area (Å²) in [6.45, 7) is 1.33. The molecule has 6 heteroatoms. The van der Waals surface area contributed by atoms with Crippen LogP contribution in [0.5, 0.6) is 0 Å². The van der Waals surface area contributed by atoms with Gasteiger partial charge in [0.2, 0.25) is 5.82 Å². The predicted molar refractivity (Wildman–Crippen MR) is 80.3 cm³/mol. The minimum Gasteiger partial charge on any atom is -0.332 e. The fraction of sp³-hybridized carbons (Fsp3) is 0.250. The molecule has 2 aromatic heterocycles. The lowest BCUT2D eigenvalue weighted by atomic mass is 10.0. The summed E-state index contributed by atoms with van der Waals surface area (Å²) < 4.78 is 1.53. The van der Waals surface area contributed by atoms with Gasteiger partial charge in [0.1, 0.15) is 0 Å². The van der Waals surface area contributed by atoms with E-state index >= 15 is 0 Å². The Morgan fingerprint density at radius 3 is 2.86 bits per heavy atom. The van der Waals surface area contributed by atoms with Crippen LogP contribution in [0.3, 0.4) is 0 Å². The highest BCUT2D eigenvalue weighted by molar-refractivity contribution is 5.90. The Bertz CT molecular complexity index is 808. The van der Waals surface area contributed by atoms with E-state index in [1.54, 1.807) is 18.5 Å². The van der Waals surface area contributed by atoms with E-state index in [9.17, 15) is 4.79 Å². The highest BCUT2D eigenvalue weighted by Gasteiger charge is 2.23. The zero-order valence-corrected chi connectivity index (χ0v) is 12.0. The van der Waals surface area contributed by atoms with E-state index in [2.05, 4.69) is 27.2 Å². The molecule has 0 bridgehead atoms. The third kappa shape index (κ3) is 2.22. The summed E-state index contributed by atoms with van der Waals surface area (Å²) >= 11 is 0. The van der Waals surface area contributed by atoms with Gasteiger partial charge in [0, 0.05) is 25.5 Å². The van der Waals surface area contributed by atoms with Gasteiger partial charge in [0.05, 0.1) is 0 Å². The van der Waals surface area contributed by atoms with E-state index < -0.39 is 0 Å². The number of nitrogens with zero attached hydrogens (tertiary/aromatic N) is 5. The second kappa shape index (κ2) is 5.22. The van der Waals surface area contributed by atoms with Gasteiger partial charge in [0.15, 0.2) is 0 Å². The number of aromatic nitrogens is 4. The largest absolute Gasteiger partial charge is 0.332 e. The highest BCUT2D eigenvalue weighted by Crippen LogP contribution is 2.19. The van der Waals surface area contributed by atoms with Gasteiger partial charge in [-0.3, -0.25) is 4.79 Å². The van der Waals surface area contributed by atoms with Gasteiger partial charge in [0.25, 0.3) is 11.7 Å². The monoisotopic (exact) mass is 293 g/mol. The summed E-state index contributed by atoms with van der Waals surface area (Å²) in [4.78, 5) is 22.8. The molecule has 0 fully saturated rings. The Kier molecular flexibility index (Phi) is 3.07. The van der Waals surface area contributed by atoms with Crippen LogP contribution in [0, 0.1) is 0 Å². The van der Waals surface area contributed by atoms with E-state index in [4.69, 9.17) is 0 Å². The fourth-order valence-corrected chi connectivity index (χ4v) is 2.84. The molecule has 0 unspecified atom stereocenters. The van der Waals surface area contributed by atoms with Crippen LogP contribution in [0.1, 0.15) is 28.2 Å². The Morgan fingerprint density at radius 1 is 1.14 bits per heavy atom. The molecule has 0 radical (unpaired) electrons. The number of fused-ring (bicyclic) bond motifs is 2. The fourth-order valence-electron chi connectivity index (χ4n) is 2.84. The Balaban J connectivity index is 1.65. The molecular formula is C16H15N5O. The van der Waals surface area contributed by atoms with Gasteiger partial charge in [-0.1, -0.05) is 24.3 Å². The SMILES string of the molecule is O=C(c1nc2ncccn2n1)N1CCCc2ccccc2C1. The Morgan fingerprint density at radius 2 is 2.00 bits per heavy atom. The molecule has 6 nitrogen and oxygen atoms in total. The molecule has 0 aliphatic carbocycles. The van der Waals surface area contributed by atoms with Crippen molar-refractivity contribution in [3.8, 4) is 0 Å². The number of amides is 1. The van der Waals surface area contributed by atoms with Gasteiger partial charge in [-0.25, -0.2) is 9.50 Å². The normalized spacial score (nSPS) is 14.6. The number of hydrogen-bond donors (Lipinski definition) is 0. The van der Waals surface area contributed by atoms with Gasteiger partial charge < -0.3 is 4.90 Å². The van der Waals surface area contributed by atoms with Crippen LogP contribution >= 0.6 is 0 Å². The summed E-state index contributed by atoms with van der Waals surface area (Å²) in [6.07, 6.45) is 5.33. The lowest BCUT2D eigenvalue weighted by Crippen LogP contribution is -2.31. The first-order chi connectivity index (χ1) is 10.8. The number of benzene rings is 1. The molecule has 3 aromatic rings. The van der Waals surface area contributed by atoms with Crippen molar-refractivity contribution in [2.24, 2.45) is 0 Å². The van der Waals surface area contributed by atoms with Crippen molar-refractivity contribution in [1.82, 2.24) is 24.5 Å². The zero-order valence-electron chi connectivity index (χ0n) is 12.0. The van der Waals surface area contributed by atoms with E-state index in [0.717, 1.165) is 19.4 Å². The van der Waals surface area contributed by atoms with E-state index in [0.29, 0.717) is 12.3 Å². The van der Waals surface area contributed by atoms with Crippen LogP contribution in [-0.2, 0) is 13.0 Å². The lowest BCUT2D eigenvalue weighted by Gasteiger charge is -2.19. The minimum absolute atomic E-state index is 0.137. The number of rotatable bonds is 1. The number of carbonyl (C=O) groups excluding carboxylic acids is 1. The first kappa shape index (κ1) is 12.9. The van der Waals surface area contributed by atoms with Crippen molar-refractivity contribution < 1.29 is 4.79 Å². The van der Waals surface area contributed by atoms with Crippen molar-refractivity contribution >= 4 is 11.7 Å². The Labute approximate surface area is 127 Å². The molecule has 1 aliphatic heterocycles. The number of aryl methyl sites for hydroxylation is 1. The van der Waals surface area contributed by atoms with Crippen molar-refractivity contribution in [2.75, 3.05) is 6.54 Å². The zero-order chi connectivity index (χ0) is 14.9. The molecule has 1 amide bonds. The summed E-state index contributed by atoms with van der Waals surface area (Å²) in [5, 5.41) is 4.23. The van der Waals surface area contributed by atoms with E-state index in [1.165, 1.54) is 15.6 Å². The summed E-state index contributed by atoms with van der Waals surface area (Å²) in [6, 6.07) is 10.0. The molecule has 1 aliphatic rings. The van der Waals surface area contributed by atoms with Crippen LogP contribution in [0.4, 0.5) is 0 Å². The topological polar surface area (TPSA) is 63.4 Å². The lowest BCUT2D eigenvalue weighted by molar-refractivity contribution is 0.0734. The summed E-state index contributed by atoms with van der Waals surface area (Å²) in [7, 11) is 0. The first-order valence-corrected chi connectivity index (χ1v) is 7.35. The maximum absolute atomic E-state index is 12.7. The molecular weight excluding hydrogens is 278 g/mol. The second-order valence-electron chi connectivity index (χ2n) is 5.40. The van der Waals surface area contributed by atoms with Crippen molar-refractivity contribution in [1.29, 1.82) is 0 Å². The quantitative estimate of drug-likeness (QED) is 0.685. The molecule has 110 valence electrons. The van der Waals surface area contributed by atoms with Crippen molar-refractivity contribution in [2.45, 2.75) is 19.4 Å². The van der Waals surface area contributed by atoms with Crippen LogP contribution in [0.2, 0.25) is 0 Å². The summed E-state index contributed by atoms with van der Waals surface area (Å²) in [5.41, 5.74) is 2.53. The minimum atomic E-state index is -0.137. The average Bonchev–Trinajstić information content (AvgIpc) is 2.86. The standard InChI is InChI=1S/C16H15N5O/c22-15(14-18-16-17-8-4-10-21(16)19-14)20-9-3-7-12-5-1-2-6-13(12)11-20/h1-2,4-6,8,10H,3,7,9,11H2. The van der Waals surface area contributed by atoms with Gasteiger partial charge in [-0.2, -0.15) is 4.98 Å². The molecule has 3 heterocycles. The second-order valence-corrected chi connectivity index (χ2v) is 5.40. The molecule has 0 saturated carbocycles. The maximum atomic E-state index is 12.7. The van der Waals surface area contributed by atoms with Crippen LogP contribution in [0.25, 0.3) is 5.78 Å². The molecule has 0 spiro atoms. The van der Waals surface area contributed by atoms with Crippen molar-refractivity contribution in [3.63, 3.8) is 0 Å². The third-order valence-corrected chi connectivity index (χ3v) is 3.95. The summed E-state index contributed by atoms with van der Waals surface area (Å²) in [5.74, 6) is 0.515. The van der Waals surface area contributed by atoms with E-state index in [1.807, 2.05) is 17.0 Å². The van der Waals surface area contributed by atoms with Crippen molar-refractivity contribution in [3.05, 3.63) is 59.7 Å². The smallest absolute Gasteiger partial charge is 0.293 e. The maximum Gasteiger partial charge on any atom is 0.293 e. The van der Waals surface area contributed by atoms with Gasteiger partial charge in [-0.15, -0.1) is 5.10 Å². The van der Waals surface area contributed by atoms with Crippen LogP contribution in [-0.4, -0.2) is 36.9 Å². The predicted octanol–water partition coefficient (Wildman–Crippen LogP) is 1.71. The first-order valence-electron chi connectivity index (χ1n) is 7.35. The number of hydrogen-bond acceptors (Lipinski definition) is 4. The molecule has 0 saturated heterocycles. The van der Waals surface area contributed by atoms with Gasteiger partial charge >= 0.3 is 0 Å². The average molecular weight is 293 g/mol. The molecule has 0 N–H and O–H groups in total. The third-order valence-electron chi connectivity index (χ3n) is 3.95. The van der Waals surface area contributed by atoms with Crippen LogP contribution in [0.15, 0.2) is 42.7 Å². The molecule has 0 atom stereocenters. The van der Waals surface area contributed by atoms with E-state index in [-0.39, 0.29) is 11.7 Å².